The molecule has 5 nitrogen and oxygen atoms in total. The van der Waals surface area contributed by atoms with Crippen molar-refractivity contribution < 1.29 is 9.72 Å². The molecule has 1 aromatic carbocycles. The van der Waals surface area contributed by atoms with Crippen LogP contribution in [0.1, 0.15) is 10.4 Å². The number of benzene rings is 1. The van der Waals surface area contributed by atoms with Crippen molar-refractivity contribution in [1.29, 1.82) is 0 Å². The Morgan fingerprint density at radius 3 is 2.33 bits per heavy atom. The van der Waals surface area contributed by atoms with Gasteiger partial charge in [0.25, 0.3) is 5.69 Å². The number of nitro benzene ring substituents is 1. The molecule has 0 aliphatic heterocycles. The van der Waals surface area contributed by atoms with Gasteiger partial charge >= 0.3 is 0 Å². The van der Waals surface area contributed by atoms with Gasteiger partial charge in [-0.15, -0.1) is 13.2 Å². The quantitative estimate of drug-likeness (QED) is 0.321. The van der Waals surface area contributed by atoms with E-state index in [2.05, 4.69) is 13.2 Å². The normalized spacial score (nSPS) is 9.56. The van der Waals surface area contributed by atoms with E-state index in [9.17, 15) is 14.9 Å². The van der Waals surface area contributed by atoms with Gasteiger partial charge in [0, 0.05) is 36.5 Å². The summed E-state index contributed by atoms with van der Waals surface area (Å²) in [5, 5.41) is 10.6. The van der Waals surface area contributed by atoms with Crippen molar-refractivity contribution >= 4 is 17.7 Å². The molecule has 0 saturated carbocycles. The average Bonchev–Trinajstić information content (AvgIpc) is 2.37. The van der Waals surface area contributed by atoms with Gasteiger partial charge in [-0.2, -0.15) is 0 Å². The highest BCUT2D eigenvalue weighted by molar-refractivity contribution is 5.86. The van der Waals surface area contributed by atoms with E-state index in [4.69, 9.17) is 0 Å². The average molecular weight is 246 g/mol. The lowest BCUT2D eigenvalue weighted by atomic mass is 10.1. The van der Waals surface area contributed by atoms with Crippen molar-refractivity contribution in [2.24, 2.45) is 0 Å². The minimum absolute atomic E-state index is 0.0991. The minimum Gasteiger partial charge on any atom is -0.364 e. The minimum atomic E-state index is -0.526. The second-order valence-corrected chi connectivity index (χ2v) is 3.60. The molecule has 0 aliphatic rings. The third-order valence-corrected chi connectivity index (χ3v) is 2.39. The molecule has 0 amide bonds. The summed E-state index contributed by atoms with van der Waals surface area (Å²) >= 11 is 0. The summed E-state index contributed by atoms with van der Waals surface area (Å²) in [6, 6.07) is 4.21. The van der Waals surface area contributed by atoms with Gasteiger partial charge in [-0.1, -0.05) is 12.2 Å². The summed E-state index contributed by atoms with van der Waals surface area (Å²) in [4.78, 5) is 23.0. The standard InChI is InChI=1S/C13H14N2O3/c1-3-7-14(8-4-2)13-6-5-12(15(17)18)9-11(13)10-16/h3-6,9-10H,1-2,7-8H2. The monoisotopic (exact) mass is 246 g/mol. The fourth-order valence-corrected chi connectivity index (χ4v) is 1.62. The van der Waals surface area contributed by atoms with Gasteiger partial charge in [-0.25, -0.2) is 0 Å². The Balaban J connectivity index is 3.20. The number of nitro groups is 1. The van der Waals surface area contributed by atoms with Gasteiger partial charge in [-0.3, -0.25) is 14.9 Å². The van der Waals surface area contributed by atoms with Gasteiger partial charge in [0.15, 0.2) is 6.29 Å². The summed E-state index contributed by atoms with van der Waals surface area (Å²) in [5.41, 5.74) is 0.821. The fraction of sp³-hybridized carbons (Fsp3) is 0.154. The van der Waals surface area contributed by atoms with E-state index in [1.807, 2.05) is 4.90 Å². The lowest BCUT2D eigenvalue weighted by Gasteiger charge is -2.22. The highest BCUT2D eigenvalue weighted by atomic mass is 16.6. The number of hydrogen-bond donors (Lipinski definition) is 0. The molecule has 0 spiro atoms. The van der Waals surface area contributed by atoms with Crippen LogP contribution < -0.4 is 4.90 Å². The molecule has 0 radical (unpaired) electrons. The van der Waals surface area contributed by atoms with E-state index in [-0.39, 0.29) is 11.3 Å². The molecule has 18 heavy (non-hydrogen) atoms. The van der Waals surface area contributed by atoms with Crippen LogP contribution in [0.4, 0.5) is 11.4 Å². The predicted octanol–water partition coefficient (Wildman–Crippen LogP) is 2.59. The number of carbonyl (C=O) groups excluding carboxylic acids is 1. The molecule has 94 valence electrons. The van der Waals surface area contributed by atoms with Crippen molar-refractivity contribution in [3.05, 3.63) is 59.2 Å². The van der Waals surface area contributed by atoms with Crippen LogP contribution in [0.2, 0.25) is 0 Å². The number of aldehydes is 1. The van der Waals surface area contributed by atoms with Crippen LogP contribution in [0.25, 0.3) is 0 Å². The SMILES string of the molecule is C=CCN(CC=C)c1ccc([N+](=O)[O-])cc1C=O. The van der Waals surface area contributed by atoms with Crippen LogP contribution in [0.3, 0.4) is 0 Å². The van der Waals surface area contributed by atoms with Crippen LogP contribution in [0.15, 0.2) is 43.5 Å². The largest absolute Gasteiger partial charge is 0.364 e. The molecule has 0 aliphatic carbocycles. The van der Waals surface area contributed by atoms with Crippen molar-refractivity contribution in [3.8, 4) is 0 Å². The maximum Gasteiger partial charge on any atom is 0.270 e. The Kier molecular flexibility index (Phi) is 4.80. The van der Waals surface area contributed by atoms with Gasteiger partial charge in [-0.05, 0) is 6.07 Å². The summed E-state index contributed by atoms with van der Waals surface area (Å²) in [5.74, 6) is 0. The molecule has 0 aromatic heterocycles. The first-order valence-corrected chi connectivity index (χ1v) is 5.34. The summed E-state index contributed by atoms with van der Waals surface area (Å²) < 4.78 is 0. The molecule has 1 aromatic rings. The van der Waals surface area contributed by atoms with E-state index < -0.39 is 4.92 Å². The van der Waals surface area contributed by atoms with Crippen LogP contribution >= 0.6 is 0 Å². The van der Waals surface area contributed by atoms with E-state index in [0.717, 1.165) is 0 Å². The number of anilines is 1. The van der Waals surface area contributed by atoms with Crippen molar-refractivity contribution in [3.63, 3.8) is 0 Å². The molecule has 0 atom stereocenters. The zero-order valence-corrected chi connectivity index (χ0v) is 9.91. The van der Waals surface area contributed by atoms with Gasteiger partial charge in [0.2, 0.25) is 0 Å². The number of hydrogen-bond acceptors (Lipinski definition) is 4. The molecule has 0 fully saturated rings. The van der Waals surface area contributed by atoms with E-state index in [1.165, 1.54) is 12.1 Å². The first kappa shape index (κ1) is 13.6. The van der Waals surface area contributed by atoms with E-state index in [0.29, 0.717) is 25.1 Å². The Morgan fingerprint density at radius 2 is 1.89 bits per heavy atom. The van der Waals surface area contributed by atoms with E-state index in [1.54, 1.807) is 18.2 Å². The maximum atomic E-state index is 11.0. The van der Waals surface area contributed by atoms with Crippen LogP contribution in [0, 0.1) is 10.1 Å². The zero-order valence-electron chi connectivity index (χ0n) is 9.91. The molecule has 0 unspecified atom stereocenters. The third kappa shape index (κ3) is 3.04. The van der Waals surface area contributed by atoms with Crippen LogP contribution in [0.5, 0.6) is 0 Å². The number of non-ortho nitro benzene ring substituents is 1. The Morgan fingerprint density at radius 1 is 1.28 bits per heavy atom. The summed E-state index contributed by atoms with van der Waals surface area (Å²) in [7, 11) is 0. The first-order chi connectivity index (χ1) is 8.63. The second kappa shape index (κ2) is 6.34. The maximum absolute atomic E-state index is 11.0. The topological polar surface area (TPSA) is 63.4 Å². The third-order valence-electron chi connectivity index (χ3n) is 2.39. The number of rotatable bonds is 7. The Hall–Kier alpha value is -2.43. The van der Waals surface area contributed by atoms with Crippen LogP contribution in [-0.2, 0) is 0 Å². The van der Waals surface area contributed by atoms with Crippen molar-refractivity contribution in [2.45, 2.75) is 0 Å². The molecular formula is C13H14N2O3. The van der Waals surface area contributed by atoms with E-state index >= 15 is 0 Å². The smallest absolute Gasteiger partial charge is 0.270 e. The first-order valence-electron chi connectivity index (χ1n) is 5.34. The van der Waals surface area contributed by atoms with Crippen molar-refractivity contribution in [1.82, 2.24) is 0 Å². The number of nitrogens with zero attached hydrogens (tertiary/aromatic N) is 2. The van der Waals surface area contributed by atoms with Crippen LogP contribution in [-0.4, -0.2) is 24.3 Å². The van der Waals surface area contributed by atoms with Gasteiger partial charge in [0.05, 0.1) is 4.92 Å². The highest BCUT2D eigenvalue weighted by Gasteiger charge is 2.13. The van der Waals surface area contributed by atoms with Crippen molar-refractivity contribution in [2.75, 3.05) is 18.0 Å². The Labute approximate surface area is 105 Å². The molecule has 0 bridgehead atoms. The summed E-state index contributed by atoms with van der Waals surface area (Å²) in [6.07, 6.45) is 4.00. The fourth-order valence-electron chi connectivity index (χ4n) is 1.62. The van der Waals surface area contributed by atoms with Gasteiger partial charge in [0.1, 0.15) is 0 Å². The lowest BCUT2D eigenvalue weighted by molar-refractivity contribution is -0.384. The predicted molar refractivity (Wildman–Crippen MR) is 71.1 cm³/mol. The Bertz CT molecular complexity index is 473. The summed E-state index contributed by atoms with van der Waals surface area (Å²) in [6.45, 7) is 8.34. The second-order valence-electron chi connectivity index (χ2n) is 3.60. The zero-order chi connectivity index (χ0) is 13.5. The molecule has 1 rings (SSSR count). The molecule has 0 heterocycles. The highest BCUT2D eigenvalue weighted by Crippen LogP contribution is 2.24. The molecular weight excluding hydrogens is 232 g/mol. The number of carbonyl (C=O) groups is 1. The molecule has 0 saturated heterocycles. The van der Waals surface area contributed by atoms with Gasteiger partial charge < -0.3 is 4.90 Å². The lowest BCUT2D eigenvalue weighted by Crippen LogP contribution is -2.24. The molecule has 0 N–H and O–H groups in total. The molecule has 5 heteroatoms.